The Morgan fingerprint density at radius 3 is 2.41 bits per heavy atom. The van der Waals surface area contributed by atoms with Crippen molar-refractivity contribution in [2.45, 2.75) is 26.5 Å². The van der Waals surface area contributed by atoms with Crippen LogP contribution >= 0.6 is 11.6 Å². The first-order valence-corrected chi connectivity index (χ1v) is 9.97. The first-order chi connectivity index (χ1) is 14.0. The lowest BCUT2D eigenvalue weighted by Gasteiger charge is -2.12. The molecule has 0 spiro atoms. The number of hydrogen-bond donors (Lipinski definition) is 0. The van der Waals surface area contributed by atoms with E-state index >= 15 is 0 Å². The van der Waals surface area contributed by atoms with Crippen molar-refractivity contribution in [3.63, 3.8) is 0 Å². The van der Waals surface area contributed by atoms with Gasteiger partial charge in [0, 0.05) is 18.2 Å². The Morgan fingerprint density at radius 1 is 0.966 bits per heavy atom. The summed E-state index contributed by atoms with van der Waals surface area (Å²) in [4.78, 5) is 4.92. The maximum absolute atomic E-state index is 6.59. The second-order valence-corrected chi connectivity index (χ2v) is 7.58. The molecule has 4 rings (SSSR count). The van der Waals surface area contributed by atoms with Crippen molar-refractivity contribution < 1.29 is 9.47 Å². The zero-order valence-corrected chi connectivity index (χ0v) is 17.5. The highest BCUT2D eigenvalue weighted by molar-refractivity contribution is 6.33. The van der Waals surface area contributed by atoms with Gasteiger partial charge in [0.2, 0.25) is 0 Å². The average Bonchev–Trinajstić information content (AvgIpc) is 3.05. The van der Waals surface area contributed by atoms with Gasteiger partial charge in [-0.15, -0.1) is 0 Å². The molecule has 4 aromatic rings. The third-order valence-electron chi connectivity index (χ3n) is 4.69. The summed E-state index contributed by atoms with van der Waals surface area (Å²) in [7, 11) is 1.63. The summed E-state index contributed by atoms with van der Waals surface area (Å²) in [5, 5.41) is 0.604. The summed E-state index contributed by atoms with van der Waals surface area (Å²) in [6, 6.07) is 22.0. The number of rotatable bonds is 6. The van der Waals surface area contributed by atoms with Gasteiger partial charge in [-0.05, 0) is 49.7 Å². The fourth-order valence-corrected chi connectivity index (χ4v) is 3.65. The summed E-state index contributed by atoms with van der Waals surface area (Å²) < 4.78 is 13.3. The summed E-state index contributed by atoms with van der Waals surface area (Å²) in [5.41, 5.74) is 3.97. The van der Waals surface area contributed by atoms with Gasteiger partial charge in [0.1, 0.15) is 17.3 Å². The zero-order chi connectivity index (χ0) is 20.4. The third-order valence-corrected chi connectivity index (χ3v) is 5.00. The molecule has 0 aliphatic carbocycles. The van der Waals surface area contributed by atoms with Crippen LogP contribution in [-0.4, -0.2) is 22.8 Å². The number of aromatic nitrogens is 2. The Kier molecular flexibility index (Phi) is 5.45. The zero-order valence-electron chi connectivity index (χ0n) is 16.7. The van der Waals surface area contributed by atoms with Crippen molar-refractivity contribution >= 4 is 22.6 Å². The van der Waals surface area contributed by atoms with Gasteiger partial charge in [0.25, 0.3) is 0 Å². The number of imidazole rings is 1. The molecule has 0 fully saturated rings. The molecule has 0 bridgehead atoms. The lowest BCUT2D eigenvalue weighted by Crippen LogP contribution is -2.05. The van der Waals surface area contributed by atoms with Gasteiger partial charge >= 0.3 is 0 Å². The van der Waals surface area contributed by atoms with Crippen LogP contribution in [0.1, 0.15) is 19.4 Å². The van der Waals surface area contributed by atoms with Crippen LogP contribution in [0.15, 0.2) is 66.7 Å². The van der Waals surface area contributed by atoms with Crippen LogP contribution in [0.3, 0.4) is 0 Å². The van der Waals surface area contributed by atoms with Crippen LogP contribution in [0.5, 0.6) is 11.5 Å². The predicted octanol–water partition coefficient (Wildman–Crippen LogP) is 6.20. The highest BCUT2D eigenvalue weighted by atomic mass is 35.5. The third kappa shape index (κ3) is 4.08. The Bertz CT molecular complexity index is 1140. The second-order valence-electron chi connectivity index (χ2n) is 7.17. The first kappa shape index (κ1) is 19.3. The van der Waals surface area contributed by atoms with Crippen LogP contribution in [0.4, 0.5) is 0 Å². The van der Waals surface area contributed by atoms with E-state index in [1.165, 1.54) is 5.56 Å². The number of fused-ring (bicyclic) bond motifs is 1. The van der Waals surface area contributed by atoms with Gasteiger partial charge in [-0.25, -0.2) is 4.98 Å². The number of benzene rings is 3. The van der Waals surface area contributed by atoms with Crippen LogP contribution in [0, 0.1) is 0 Å². The van der Waals surface area contributed by atoms with Crippen molar-refractivity contribution in [3.05, 3.63) is 77.3 Å². The maximum Gasteiger partial charge on any atom is 0.142 e. The molecular formula is C24H23ClN2O2. The van der Waals surface area contributed by atoms with Crippen molar-refractivity contribution in [2.75, 3.05) is 7.11 Å². The molecule has 1 aromatic heterocycles. The number of halogens is 1. The monoisotopic (exact) mass is 406 g/mol. The standard InChI is InChI=1S/C24H23ClN2O2/c1-16(2)29-19-10-12-23-22(14-19)26-24(20-11-9-18(28-3)13-21(20)25)27(23)15-17-7-5-4-6-8-17/h4-14,16H,15H2,1-3H3. The molecule has 0 aliphatic rings. The SMILES string of the molecule is COc1ccc(-c2nc3cc(OC(C)C)ccc3n2Cc2ccccc2)c(Cl)c1. The smallest absolute Gasteiger partial charge is 0.142 e. The fourth-order valence-electron chi connectivity index (χ4n) is 3.39. The molecule has 0 aliphatic heterocycles. The molecule has 4 nitrogen and oxygen atoms in total. The minimum atomic E-state index is 0.106. The Morgan fingerprint density at radius 2 is 1.72 bits per heavy atom. The summed E-state index contributed by atoms with van der Waals surface area (Å²) in [6.45, 7) is 4.72. The van der Waals surface area contributed by atoms with E-state index in [9.17, 15) is 0 Å². The predicted molar refractivity (Wildman–Crippen MR) is 118 cm³/mol. The molecule has 0 radical (unpaired) electrons. The molecule has 0 atom stereocenters. The number of nitrogens with zero attached hydrogens (tertiary/aromatic N) is 2. The molecular weight excluding hydrogens is 384 g/mol. The van der Waals surface area contributed by atoms with Crippen molar-refractivity contribution in [3.8, 4) is 22.9 Å². The quantitative estimate of drug-likeness (QED) is 0.382. The summed E-state index contributed by atoms with van der Waals surface area (Å²) >= 11 is 6.59. The maximum atomic E-state index is 6.59. The van der Waals surface area contributed by atoms with Gasteiger partial charge < -0.3 is 14.0 Å². The van der Waals surface area contributed by atoms with Crippen LogP contribution in [-0.2, 0) is 6.54 Å². The van der Waals surface area contributed by atoms with Crippen LogP contribution < -0.4 is 9.47 Å². The van der Waals surface area contributed by atoms with Gasteiger partial charge in [0.05, 0.1) is 29.3 Å². The first-order valence-electron chi connectivity index (χ1n) is 9.60. The van der Waals surface area contributed by atoms with Gasteiger partial charge in [-0.3, -0.25) is 0 Å². The van der Waals surface area contributed by atoms with E-state index in [4.69, 9.17) is 26.1 Å². The highest BCUT2D eigenvalue weighted by Gasteiger charge is 2.17. The minimum absolute atomic E-state index is 0.106. The van der Waals surface area contributed by atoms with E-state index in [0.717, 1.165) is 33.9 Å². The van der Waals surface area contributed by atoms with E-state index in [1.54, 1.807) is 7.11 Å². The second kappa shape index (κ2) is 8.18. The normalized spacial score (nSPS) is 11.2. The van der Waals surface area contributed by atoms with Crippen LogP contribution in [0.2, 0.25) is 5.02 Å². The topological polar surface area (TPSA) is 36.3 Å². The molecule has 0 N–H and O–H groups in total. The molecule has 29 heavy (non-hydrogen) atoms. The van der Waals surface area contributed by atoms with E-state index < -0.39 is 0 Å². The van der Waals surface area contributed by atoms with E-state index in [0.29, 0.717) is 11.6 Å². The number of hydrogen-bond acceptors (Lipinski definition) is 3. The summed E-state index contributed by atoms with van der Waals surface area (Å²) in [5.74, 6) is 2.35. The summed E-state index contributed by atoms with van der Waals surface area (Å²) in [6.07, 6.45) is 0.106. The molecule has 1 heterocycles. The Hall–Kier alpha value is -2.98. The Balaban J connectivity index is 1.87. The minimum Gasteiger partial charge on any atom is -0.497 e. The molecule has 3 aromatic carbocycles. The lowest BCUT2D eigenvalue weighted by molar-refractivity contribution is 0.242. The van der Waals surface area contributed by atoms with E-state index in [-0.39, 0.29) is 6.10 Å². The molecule has 0 saturated heterocycles. The van der Waals surface area contributed by atoms with Crippen molar-refractivity contribution in [2.24, 2.45) is 0 Å². The van der Waals surface area contributed by atoms with Gasteiger partial charge in [-0.2, -0.15) is 0 Å². The Labute approximate surface area is 175 Å². The van der Waals surface area contributed by atoms with Crippen molar-refractivity contribution in [1.29, 1.82) is 0 Å². The number of ether oxygens (including phenoxy) is 2. The molecule has 0 amide bonds. The highest BCUT2D eigenvalue weighted by Crippen LogP contribution is 2.34. The van der Waals surface area contributed by atoms with Gasteiger partial charge in [0.15, 0.2) is 0 Å². The lowest BCUT2D eigenvalue weighted by atomic mass is 10.2. The van der Waals surface area contributed by atoms with Crippen molar-refractivity contribution in [1.82, 2.24) is 9.55 Å². The molecule has 0 unspecified atom stereocenters. The van der Waals surface area contributed by atoms with Gasteiger partial charge in [-0.1, -0.05) is 41.9 Å². The van der Waals surface area contributed by atoms with E-state index in [1.807, 2.05) is 62.4 Å². The molecule has 148 valence electrons. The van der Waals surface area contributed by atoms with Crippen LogP contribution in [0.25, 0.3) is 22.4 Å². The number of methoxy groups -OCH3 is 1. The fraction of sp³-hybridized carbons (Fsp3) is 0.208. The molecule has 0 saturated carbocycles. The average molecular weight is 407 g/mol. The molecule has 5 heteroatoms. The largest absolute Gasteiger partial charge is 0.497 e. The van der Waals surface area contributed by atoms with E-state index in [2.05, 4.69) is 22.8 Å².